The third-order valence-electron chi connectivity index (χ3n) is 5.90. The van der Waals surface area contributed by atoms with E-state index >= 15 is 0 Å². The zero-order valence-electron chi connectivity index (χ0n) is 20.1. The number of fused-ring (bicyclic) bond motifs is 1. The summed E-state index contributed by atoms with van der Waals surface area (Å²) in [6.07, 6.45) is 1.53. The molecule has 1 atom stereocenters. The molecule has 2 heterocycles. The molecule has 2 aromatic carbocycles. The lowest BCUT2D eigenvalue weighted by Gasteiger charge is -2.31. The minimum absolute atomic E-state index is 0.0104. The van der Waals surface area contributed by atoms with Crippen molar-refractivity contribution < 1.29 is 9.59 Å². The van der Waals surface area contributed by atoms with Crippen molar-refractivity contribution in [2.75, 3.05) is 13.1 Å². The molecule has 35 heavy (non-hydrogen) atoms. The van der Waals surface area contributed by atoms with Crippen LogP contribution >= 0.6 is 11.3 Å². The molecule has 0 bridgehead atoms. The van der Waals surface area contributed by atoms with Crippen molar-refractivity contribution in [3.63, 3.8) is 0 Å². The highest BCUT2D eigenvalue weighted by Gasteiger charge is 2.32. The number of hydrogen-bond acceptors (Lipinski definition) is 5. The van der Waals surface area contributed by atoms with Crippen LogP contribution in [0.15, 0.2) is 72.1 Å². The van der Waals surface area contributed by atoms with Gasteiger partial charge in [-0.2, -0.15) is 0 Å². The third kappa shape index (κ3) is 6.33. The monoisotopic (exact) mass is 489 g/mol. The predicted molar refractivity (Wildman–Crippen MR) is 139 cm³/mol. The van der Waals surface area contributed by atoms with Crippen molar-refractivity contribution in [1.82, 2.24) is 25.2 Å². The molecule has 2 amide bonds. The second-order valence-corrected chi connectivity index (χ2v) is 9.93. The molecular weight excluding hydrogens is 458 g/mol. The number of benzene rings is 2. The summed E-state index contributed by atoms with van der Waals surface area (Å²) in [5, 5.41) is 13.4. The topological polar surface area (TPSA) is 80.1 Å². The third-order valence-corrected chi connectivity index (χ3v) is 6.83. The van der Waals surface area contributed by atoms with Gasteiger partial charge in [0.1, 0.15) is 18.1 Å². The number of nitrogens with one attached hydrogen (secondary N) is 1. The van der Waals surface area contributed by atoms with Gasteiger partial charge >= 0.3 is 0 Å². The zero-order chi connectivity index (χ0) is 24.6. The van der Waals surface area contributed by atoms with Crippen LogP contribution in [0.4, 0.5) is 0 Å². The molecule has 0 spiro atoms. The van der Waals surface area contributed by atoms with Crippen molar-refractivity contribution in [2.24, 2.45) is 5.92 Å². The quantitative estimate of drug-likeness (QED) is 0.337. The molecule has 0 aliphatic rings. The molecule has 7 nitrogen and oxygen atoms in total. The Hall–Kier alpha value is -3.52. The number of thiophene rings is 1. The largest absolute Gasteiger partial charge is 0.354 e. The molecule has 182 valence electrons. The first-order valence-electron chi connectivity index (χ1n) is 12.0. The SMILES string of the molecule is CC(C)CCNC(=O)[C@H](c1cccs1)N(CCc1ccccc1)C(=O)Cn1nnc2ccccc21. The summed E-state index contributed by atoms with van der Waals surface area (Å²) in [5.41, 5.74) is 2.64. The van der Waals surface area contributed by atoms with E-state index in [-0.39, 0.29) is 18.4 Å². The molecule has 1 N–H and O–H groups in total. The predicted octanol–water partition coefficient (Wildman–Crippen LogP) is 4.47. The van der Waals surface area contributed by atoms with Gasteiger partial charge in [0.2, 0.25) is 11.8 Å². The van der Waals surface area contributed by atoms with Crippen molar-refractivity contribution >= 4 is 34.2 Å². The average Bonchev–Trinajstić information content (AvgIpc) is 3.52. The van der Waals surface area contributed by atoms with Crippen LogP contribution in [-0.2, 0) is 22.6 Å². The lowest BCUT2D eigenvalue weighted by atomic mass is 10.1. The van der Waals surface area contributed by atoms with Crippen LogP contribution in [0, 0.1) is 5.92 Å². The fourth-order valence-corrected chi connectivity index (χ4v) is 4.83. The van der Waals surface area contributed by atoms with Gasteiger partial charge in [0.25, 0.3) is 0 Å². The summed E-state index contributed by atoms with van der Waals surface area (Å²) < 4.78 is 1.61. The van der Waals surface area contributed by atoms with E-state index in [1.807, 2.05) is 72.1 Å². The second kappa shape index (κ2) is 11.8. The van der Waals surface area contributed by atoms with E-state index in [2.05, 4.69) is 29.5 Å². The molecule has 4 rings (SSSR count). The Bertz CT molecular complexity index is 1240. The number of aromatic nitrogens is 3. The first-order valence-corrected chi connectivity index (χ1v) is 12.8. The molecular formula is C27H31N5O2S. The van der Waals surface area contributed by atoms with Gasteiger partial charge in [-0.05, 0) is 47.9 Å². The summed E-state index contributed by atoms with van der Waals surface area (Å²) in [6, 6.07) is 20.7. The fraction of sp³-hybridized carbons (Fsp3) is 0.333. The molecule has 0 saturated carbocycles. The highest BCUT2D eigenvalue weighted by Crippen LogP contribution is 2.27. The number of carbonyl (C=O) groups excluding carboxylic acids is 2. The van der Waals surface area contributed by atoms with Crippen molar-refractivity contribution in [3.05, 3.63) is 82.6 Å². The first kappa shape index (κ1) is 24.6. The minimum Gasteiger partial charge on any atom is -0.354 e. The van der Waals surface area contributed by atoms with Crippen LogP contribution in [0.1, 0.15) is 36.8 Å². The number of rotatable bonds is 11. The van der Waals surface area contributed by atoms with E-state index in [4.69, 9.17) is 0 Å². The lowest BCUT2D eigenvalue weighted by molar-refractivity contribution is -0.141. The fourth-order valence-electron chi connectivity index (χ4n) is 4.00. The summed E-state index contributed by atoms with van der Waals surface area (Å²) in [6.45, 7) is 5.25. The molecule has 2 aromatic heterocycles. The van der Waals surface area contributed by atoms with Gasteiger partial charge < -0.3 is 10.2 Å². The van der Waals surface area contributed by atoms with Crippen molar-refractivity contribution in [3.8, 4) is 0 Å². The molecule has 8 heteroatoms. The van der Waals surface area contributed by atoms with Gasteiger partial charge in [-0.1, -0.05) is 67.6 Å². The highest BCUT2D eigenvalue weighted by molar-refractivity contribution is 7.10. The van der Waals surface area contributed by atoms with Crippen LogP contribution in [0.3, 0.4) is 0 Å². The Morgan fingerprint density at radius 3 is 2.54 bits per heavy atom. The Morgan fingerprint density at radius 2 is 1.80 bits per heavy atom. The summed E-state index contributed by atoms with van der Waals surface area (Å²) in [4.78, 5) is 29.8. The normalized spacial score (nSPS) is 12.1. The van der Waals surface area contributed by atoms with E-state index in [1.165, 1.54) is 11.3 Å². The van der Waals surface area contributed by atoms with Crippen LogP contribution in [0.5, 0.6) is 0 Å². The van der Waals surface area contributed by atoms with Crippen LogP contribution in [0.25, 0.3) is 11.0 Å². The van der Waals surface area contributed by atoms with E-state index in [1.54, 1.807) is 9.58 Å². The molecule has 0 radical (unpaired) electrons. The second-order valence-electron chi connectivity index (χ2n) is 8.95. The molecule has 0 fully saturated rings. The van der Waals surface area contributed by atoms with Gasteiger partial charge in [-0.3, -0.25) is 9.59 Å². The Balaban J connectivity index is 1.62. The highest BCUT2D eigenvalue weighted by atomic mass is 32.1. The lowest BCUT2D eigenvalue weighted by Crippen LogP contribution is -2.45. The standard InChI is InChI=1S/C27H31N5O2S/c1-20(2)14-16-28-27(34)26(24-13-8-18-35-24)31(17-15-21-9-4-3-5-10-21)25(33)19-32-23-12-7-6-11-22(23)29-30-32/h3-13,18,20,26H,14-17,19H2,1-2H3,(H,28,34)/t26-/m0/s1. The number of nitrogens with zero attached hydrogens (tertiary/aromatic N) is 4. The van der Waals surface area contributed by atoms with E-state index in [9.17, 15) is 9.59 Å². The average molecular weight is 490 g/mol. The summed E-state index contributed by atoms with van der Waals surface area (Å²) in [7, 11) is 0. The zero-order valence-corrected chi connectivity index (χ0v) is 20.9. The Kier molecular flexibility index (Phi) is 8.26. The molecule has 0 aliphatic heterocycles. The van der Waals surface area contributed by atoms with Crippen molar-refractivity contribution in [1.29, 1.82) is 0 Å². The number of carbonyl (C=O) groups is 2. The number of hydrogen-bond donors (Lipinski definition) is 1. The van der Waals surface area contributed by atoms with Gasteiger partial charge in [0.15, 0.2) is 0 Å². The van der Waals surface area contributed by atoms with Crippen LogP contribution in [-0.4, -0.2) is 44.8 Å². The number of para-hydroxylation sites is 1. The van der Waals surface area contributed by atoms with Gasteiger partial charge in [0, 0.05) is 18.0 Å². The van der Waals surface area contributed by atoms with E-state index < -0.39 is 6.04 Å². The smallest absolute Gasteiger partial charge is 0.248 e. The van der Waals surface area contributed by atoms with Gasteiger partial charge in [-0.15, -0.1) is 16.4 Å². The summed E-state index contributed by atoms with van der Waals surface area (Å²) in [5.74, 6) is 0.152. The molecule has 0 aliphatic carbocycles. The van der Waals surface area contributed by atoms with E-state index in [0.29, 0.717) is 25.4 Å². The molecule has 0 saturated heterocycles. The maximum Gasteiger partial charge on any atom is 0.248 e. The van der Waals surface area contributed by atoms with E-state index in [0.717, 1.165) is 27.9 Å². The molecule has 4 aromatic rings. The van der Waals surface area contributed by atoms with Gasteiger partial charge in [0.05, 0.1) is 5.52 Å². The Labute approximate surface area is 209 Å². The van der Waals surface area contributed by atoms with Crippen LogP contribution in [0.2, 0.25) is 0 Å². The summed E-state index contributed by atoms with van der Waals surface area (Å²) >= 11 is 1.49. The Morgan fingerprint density at radius 1 is 1.03 bits per heavy atom. The van der Waals surface area contributed by atoms with Gasteiger partial charge in [-0.25, -0.2) is 4.68 Å². The van der Waals surface area contributed by atoms with Crippen LogP contribution < -0.4 is 5.32 Å². The maximum atomic E-state index is 13.8. The maximum absolute atomic E-state index is 13.8. The minimum atomic E-state index is -0.701. The number of amides is 2. The van der Waals surface area contributed by atoms with Crippen molar-refractivity contribution in [2.45, 2.75) is 39.3 Å². The molecule has 0 unspecified atom stereocenters. The first-order chi connectivity index (χ1) is 17.0.